The number of hydrogen-bond donors (Lipinski definition) is 1. The van der Waals surface area contributed by atoms with Gasteiger partial charge >= 0.3 is 0 Å². The van der Waals surface area contributed by atoms with Gasteiger partial charge in [-0.1, -0.05) is 41.1 Å². The molecule has 4 rings (SSSR count). The van der Waals surface area contributed by atoms with Crippen LogP contribution in [0.5, 0.6) is 5.75 Å². The van der Waals surface area contributed by atoms with Gasteiger partial charge in [-0.3, -0.25) is 4.79 Å². The molecule has 2 aromatic carbocycles. The third-order valence-corrected chi connectivity index (χ3v) is 6.25. The van der Waals surface area contributed by atoms with Crippen LogP contribution in [-0.2, 0) is 14.4 Å². The highest BCUT2D eigenvalue weighted by Crippen LogP contribution is 2.39. The molecule has 33 heavy (non-hydrogen) atoms. The summed E-state index contributed by atoms with van der Waals surface area (Å²) < 4.78 is 5.47. The van der Waals surface area contributed by atoms with Crippen LogP contribution in [-0.4, -0.2) is 49.1 Å². The Labute approximate surface area is 195 Å². The van der Waals surface area contributed by atoms with Crippen molar-refractivity contribution in [1.29, 1.82) is 0 Å². The molecule has 1 fully saturated rings. The summed E-state index contributed by atoms with van der Waals surface area (Å²) >= 11 is 0. The molecular weight excluding hydrogens is 418 g/mol. The zero-order chi connectivity index (χ0) is 24.0. The second-order valence-electron chi connectivity index (χ2n) is 8.39. The minimum atomic E-state index is -0.901. The number of amides is 1. The number of benzene rings is 2. The van der Waals surface area contributed by atoms with Crippen molar-refractivity contribution >= 4 is 23.6 Å². The molecule has 176 valence electrons. The summed E-state index contributed by atoms with van der Waals surface area (Å²) in [6, 6.07) is 14.2. The summed E-state index contributed by atoms with van der Waals surface area (Å²) in [7, 11) is 3.50. The molecule has 1 amide bonds. The number of piperidine rings is 1. The zero-order valence-corrected chi connectivity index (χ0v) is 20.1. The first-order chi connectivity index (χ1) is 15.9. The third-order valence-electron chi connectivity index (χ3n) is 6.25. The van der Waals surface area contributed by atoms with Gasteiger partial charge in [0, 0.05) is 32.0 Å². The first kappa shape index (κ1) is 24.3. The molecule has 1 spiro atoms. The van der Waals surface area contributed by atoms with E-state index >= 15 is 0 Å². The van der Waals surface area contributed by atoms with Gasteiger partial charge in [-0.2, -0.15) is 0 Å². The van der Waals surface area contributed by atoms with Crippen molar-refractivity contribution in [3.8, 4) is 5.75 Å². The predicted molar refractivity (Wildman–Crippen MR) is 130 cm³/mol. The first-order valence-corrected chi connectivity index (χ1v) is 11.3. The van der Waals surface area contributed by atoms with Gasteiger partial charge in [-0.05, 0) is 44.9 Å². The lowest BCUT2D eigenvalue weighted by atomic mass is 9.84. The molecule has 2 heterocycles. The number of carbonyl (C=O) groups is 2. The molecule has 7 nitrogen and oxygen atoms in total. The Bertz CT molecular complexity index is 1020. The van der Waals surface area contributed by atoms with E-state index in [9.17, 15) is 4.79 Å². The maximum Gasteiger partial charge on any atom is 0.270 e. The Morgan fingerprint density at radius 1 is 1.24 bits per heavy atom. The quantitative estimate of drug-likeness (QED) is 0.677. The Morgan fingerprint density at radius 2 is 1.94 bits per heavy atom. The maximum atomic E-state index is 13.5. The smallest absolute Gasteiger partial charge is 0.270 e. The standard InChI is InChI=1S/C24H29N3O3.C2H4O/c1-16-6-8-18(9-7-16)17(2)27-13-5-12-24(23(27)28)15-21(26-30-24)19-10-11-20(25-3)22(14-19)29-4;1-2-3/h6-11,14,17,25H,5,12-13,15H2,1-4H3;2H,1H3. The number of nitrogens with one attached hydrogen (secondary N) is 1. The topological polar surface area (TPSA) is 80.2 Å². The lowest BCUT2D eigenvalue weighted by Crippen LogP contribution is -2.54. The monoisotopic (exact) mass is 451 g/mol. The Kier molecular flexibility index (Phi) is 7.74. The van der Waals surface area contributed by atoms with E-state index in [1.165, 1.54) is 12.5 Å². The van der Waals surface area contributed by atoms with Crippen LogP contribution in [0.3, 0.4) is 0 Å². The molecule has 2 unspecified atom stereocenters. The number of hydrogen-bond acceptors (Lipinski definition) is 6. The molecule has 0 aromatic heterocycles. The van der Waals surface area contributed by atoms with E-state index in [1.54, 1.807) is 7.11 Å². The fraction of sp³-hybridized carbons (Fsp3) is 0.423. The summed E-state index contributed by atoms with van der Waals surface area (Å²) in [5.74, 6) is 0.766. The van der Waals surface area contributed by atoms with Crippen LogP contribution >= 0.6 is 0 Å². The summed E-state index contributed by atoms with van der Waals surface area (Å²) in [6.45, 7) is 6.33. The Balaban J connectivity index is 0.000000968. The summed E-state index contributed by atoms with van der Waals surface area (Å²) in [6.07, 6.45) is 2.81. The maximum absolute atomic E-state index is 13.5. The molecule has 0 saturated carbocycles. The molecule has 1 saturated heterocycles. The van der Waals surface area contributed by atoms with Gasteiger partial charge in [-0.25, -0.2) is 0 Å². The number of oxime groups is 1. The van der Waals surface area contributed by atoms with E-state index in [0.717, 1.165) is 47.5 Å². The highest BCUT2D eigenvalue weighted by molar-refractivity contribution is 6.06. The lowest BCUT2D eigenvalue weighted by Gasteiger charge is -2.40. The van der Waals surface area contributed by atoms with E-state index in [1.807, 2.05) is 30.1 Å². The second-order valence-corrected chi connectivity index (χ2v) is 8.39. The minimum Gasteiger partial charge on any atom is -0.495 e. The van der Waals surface area contributed by atoms with Gasteiger partial charge in [0.25, 0.3) is 5.91 Å². The van der Waals surface area contributed by atoms with Gasteiger partial charge in [0.15, 0.2) is 0 Å². The lowest BCUT2D eigenvalue weighted by molar-refractivity contribution is -0.164. The number of methoxy groups -OCH3 is 1. The number of anilines is 1. The van der Waals surface area contributed by atoms with Gasteiger partial charge < -0.3 is 24.6 Å². The van der Waals surface area contributed by atoms with Crippen LogP contribution in [0, 0.1) is 6.92 Å². The van der Waals surface area contributed by atoms with Crippen LogP contribution in [0.25, 0.3) is 0 Å². The average molecular weight is 452 g/mol. The number of ether oxygens (including phenoxy) is 1. The van der Waals surface area contributed by atoms with Crippen LogP contribution in [0.2, 0.25) is 0 Å². The molecular formula is C26H33N3O4. The Morgan fingerprint density at radius 3 is 2.58 bits per heavy atom. The van der Waals surface area contributed by atoms with Crippen molar-refractivity contribution < 1.29 is 19.2 Å². The molecule has 0 radical (unpaired) electrons. The van der Waals surface area contributed by atoms with Gasteiger partial charge in [0.05, 0.1) is 24.6 Å². The fourth-order valence-electron chi connectivity index (χ4n) is 4.36. The van der Waals surface area contributed by atoms with Crippen molar-refractivity contribution in [2.24, 2.45) is 5.16 Å². The molecule has 2 aromatic rings. The number of carbonyl (C=O) groups excluding carboxylic acids is 2. The van der Waals surface area contributed by atoms with Crippen LogP contribution < -0.4 is 10.1 Å². The molecule has 0 aliphatic carbocycles. The molecule has 2 atom stereocenters. The fourth-order valence-corrected chi connectivity index (χ4v) is 4.36. The SMILES string of the molecule is CC=O.CNc1ccc(C2=NOC3(CCCN(C(C)c4ccc(C)cc4)C3=O)C2)cc1OC. The third kappa shape index (κ3) is 5.02. The summed E-state index contributed by atoms with van der Waals surface area (Å²) in [5.41, 5.74) is 4.05. The van der Waals surface area contributed by atoms with Crippen LogP contribution in [0.15, 0.2) is 47.6 Å². The van der Waals surface area contributed by atoms with E-state index in [4.69, 9.17) is 14.4 Å². The van der Waals surface area contributed by atoms with Crippen molar-refractivity contribution in [2.75, 3.05) is 26.0 Å². The molecule has 1 N–H and O–H groups in total. The number of likely N-dealkylation sites (tertiary alicyclic amines) is 1. The number of rotatable bonds is 5. The highest BCUT2D eigenvalue weighted by atomic mass is 16.7. The van der Waals surface area contributed by atoms with E-state index in [-0.39, 0.29) is 11.9 Å². The van der Waals surface area contributed by atoms with E-state index in [0.29, 0.717) is 12.8 Å². The van der Waals surface area contributed by atoms with Crippen molar-refractivity contribution in [3.63, 3.8) is 0 Å². The van der Waals surface area contributed by atoms with Crippen LogP contribution in [0.1, 0.15) is 55.8 Å². The van der Waals surface area contributed by atoms with E-state index in [2.05, 4.69) is 48.6 Å². The minimum absolute atomic E-state index is 0.00192. The zero-order valence-electron chi connectivity index (χ0n) is 20.1. The van der Waals surface area contributed by atoms with Gasteiger partial charge in [-0.15, -0.1) is 0 Å². The number of aryl methyl sites for hydroxylation is 1. The normalized spacial score (nSPS) is 20.3. The first-order valence-electron chi connectivity index (χ1n) is 11.3. The van der Waals surface area contributed by atoms with Gasteiger partial charge in [0.1, 0.15) is 12.0 Å². The van der Waals surface area contributed by atoms with Crippen molar-refractivity contribution in [2.45, 2.75) is 51.7 Å². The average Bonchev–Trinajstić information content (AvgIpc) is 3.26. The van der Waals surface area contributed by atoms with Gasteiger partial charge in [0.2, 0.25) is 5.60 Å². The molecule has 7 heteroatoms. The molecule has 2 aliphatic heterocycles. The molecule has 2 aliphatic rings. The van der Waals surface area contributed by atoms with Crippen molar-refractivity contribution in [3.05, 3.63) is 59.2 Å². The molecule has 0 bridgehead atoms. The van der Waals surface area contributed by atoms with E-state index < -0.39 is 5.60 Å². The van der Waals surface area contributed by atoms with Crippen LogP contribution in [0.4, 0.5) is 5.69 Å². The second kappa shape index (κ2) is 10.5. The summed E-state index contributed by atoms with van der Waals surface area (Å²) in [5, 5.41) is 7.44. The largest absolute Gasteiger partial charge is 0.495 e. The number of aldehydes is 1. The number of nitrogens with zero attached hydrogens (tertiary/aromatic N) is 2. The Hall–Kier alpha value is -3.35. The summed E-state index contributed by atoms with van der Waals surface area (Å²) in [4.78, 5) is 30.1. The van der Waals surface area contributed by atoms with Crippen molar-refractivity contribution in [1.82, 2.24) is 4.90 Å². The predicted octanol–water partition coefficient (Wildman–Crippen LogP) is 4.50. The highest BCUT2D eigenvalue weighted by Gasteiger charge is 2.51.